The third kappa shape index (κ3) is 3.23. The van der Waals surface area contributed by atoms with Crippen molar-refractivity contribution in [1.82, 2.24) is 4.98 Å². The summed E-state index contributed by atoms with van der Waals surface area (Å²) >= 11 is 4.86. The van der Waals surface area contributed by atoms with Crippen molar-refractivity contribution < 1.29 is 13.5 Å². The van der Waals surface area contributed by atoms with Crippen molar-refractivity contribution in [2.75, 3.05) is 0 Å². The molecule has 6 heteroatoms. The molecule has 1 aromatic carbocycles. The summed E-state index contributed by atoms with van der Waals surface area (Å²) in [6.07, 6.45) is 1.55. The molecule has 98 valence electrons. The van der Waals surface area contributed by atoms with Gasteiger partial charge in [-0.1, -0.05) is 18.3 Å². The van der Waals surface area contributed by atoms with Gasteiger partial charge in [-0.05, 0) is 18.2 Å². The molecule has 0 aliphatic carbocycles. The van der Waals surface area contributed by atoms with Crippen LogP contribution in [0.5, 0.6) is 5.75 Å². The Bertz CT molecular complexity index is 619. The summed E-state index contributed by atoms with van der Waals surface area (Å²) < 4.78 is 31.4. The highest BCUT2D eigenvalue weighted by atomic mass is 32.1. The molecule has 0 atom stereocenters. The van der Waals surface area contributed by atoms with Crippen molar-refractivity contribution in [2.24, 2.45) is 5.73 Å². The quantitative estimate of drug-likeness (QED) is 0.874. The summed E-state index contributed by atoms with van der Waals surface area (Å²) in [5, 5.41) is 0. The third-order valence-electron chi connectivity index (χ3n) is 2.40. The predicted molar refractivity (Wildman–Crippen MR) is 70.8 cm³/mol. The molecule has 2 N–H and O–H groups in total. The molecule has 0 saturated carbocycles. The second-order valence-electron chi connectivity index (χ2n) is 3.74. The lowest BCUT2D eigenvalue weighted by molar-refractivity contribution is 0.288. The van der Waals surface area contributed by atoms with Gasteiger partial charge >= 0.3 is 0 Å². The molecule has 19 heavy (non-hydrogen) atoms. The van der Waals surface area contributed by atoms with Gasteiger partial charge in [0.1, 0.15) is 23.1 Å². The number of halogens is 2. The van der Waals surface area contributed by atoms with E-state index < -0.39 is 11.6 Å². The molecule has 0 saturated heterocycles. The number of rotatable bonds is 4. The molecule has 0 bridgehead atoms. The van der Waals surface area contributed by atoms with Crippen LogP contribution < -0.4 is 10.5 Å². The fraction of sp³-hybridized carbons (Fsp3) is 0.0769. The number of aromatic nitrogens is 1. The Morgan fingerprint density at radius 2 is 2.11 bits per heavy atom. The summed E-state index contributed by atoms with van der Waals surface area (Å²) in [5.41, 5.74) is 6.59. The van der Waals surface area contributed by atoms with Crippen molar-refractivity contribution in [3.05, 3.63) is 59.4 Å². The van der Waals surface area contributed by atoms with Gasteiger partial charge in [0.25, 0.3) is 0 Å². The van der Waals surface area contributed by atoms with E-state index in [4.69, 9.17) is 22.7 Å². The van der Waals surface area contributed by atoms with E-state index in [1.807, 2.05) is 0 Å². The largest absolute Gasteiger partial charge is 0.486 e. The van der Waals surface area contributed by atoms with Crippen molar-refractivity contribution in [2.45, 2.75) is 6.61 Å². The molecule has 0 amide bonds. The van der Waals surface area contributed by atoms with Crippen molar-refractivity contribution in [3.63, 3.8) is 0 Å². The normalized spacial score (nSPS) is 10.2. The zero-order chi connectivity index (χ0) is 13.8. The first-order valence-corrected chi connectivity index (χ1v) is 5.80. The van der Waals surface area contributed by atoms with Gasteiger partial charge in [0.2, 0.25) is 0 Å². The predicted octanol–water partition coefficient (Wildman–Crippen LogP) is 2.57. The average Bonchev–Trinajstić information content (AvgIpc) is 2.38. The van der Waals surface area contributed by atoms with Gasteiger partial charge in [0.15, 0.2) is 11.6 Å². The van der Waals surface area contributed by atoms with Gasteiger partial charge in [-0.3, -0.25) is 4.98 Å². The number of hydrogen-bond acceptors (Lipinski definition) is 3. The number of hydrogen-bond donors (Lipinski definition) is 1. The number of benzene rings is 1. The highest BCUT2D eigenvalue weighted by Crippen LogP contribution is 2.19. The van der Waals surface area contributed by atoms with Gasteiger partial charge < -0.3 is 10.5 Å². The minimum absolute atomic E-state index is 0.0425. The van der Waals surface area contributed by atoms with Crippen LogP contribution >= 0.6 is 12.2 Å². The molecular formula is C13H10F2N2OS. The SMILES string of the molecule is NC(=S)c1ncccc1COc1ccc(F)cc1F. The fourth-order valence-corrected chi connectivity index (χ4v) is 1.71. The number of thiocarbonyl (C=S) groups is 1. The molecule has 0 unspecified atom stereocenters. The van der Waals surface area contributed by atoms with E-state index in [9.17, 15) is 8.78 Å². The number of pyridine rings is 1. The Labute approximate surface area is 114 Å². The molecule has 0 aliphatic heterocycles. The van der Waals surface area contributed by atoms with Crippen LogP contribution in [0.1, 0.15) is 11.3 Å². The number of ether oxygens (including phenoxy) is 1. The topological polar surface area (TPSA) is 48.1 Å². The fourth-order valence-electron chi connectivity index (χ4n) is 1.52. The Balaban J connectivity index is 2.17. The molecule has 0 aliphatic rings. The lowest BCUT2D eigenvalue weighted by Gasteiger charge is -2.09. The Kier molecular flexibility index (Phi) is 4.01. The van der Waals surface area contributed by atoms with Gasteiger partial charge in [0, 0.05) is 17.8 Å². The van der Waals surface area contributed by atoms with Gasteiger partial charge in [0.05, 0.1) is 0 Å². The van der Waals surface area contributed by atoms with Crippen LogP contribution in [-0.4, -0.2) is 9.97 Å². The summed E-state index contributed by atoms with van der Waals surface area (Å²) in [6.45, 7) is 0.0447. The maximum absolute atomic E-state index is 13.4. The molecule has 1 heterocycles. The maximum Gasteiger partial charge on any atom is 0.167 e. The lowest BCUT2D eigenvalue weighted by atomic mass is 10.2. The minimum Gasteiger partial charge on any atom is -0.486 e. The second-order valence-corrected chi connectivity index (χ2v) is 4.18. The molecule has 0 fully saturated rings. The number of nitrogens with two attached hydrogens (primary N) is 1. The highest BCUT2D eigenvalue weighted by molar-refractivity contribution is 7.80. The maximum atomic E-state index is 13.4. The molecule has 2 aromatic rings. The number of nitrogens with zero attached hydrogens (tertiary/aromatic N) is 1. The van der Waals surface area contributed by atoms with Gasteiger partial charge in [-0.15, -0.1) is 0 Å². The first-order valence-electron chi connectivity index (χ1n) is 5.39. The molecule has 0 spiro atoms. The Hall–Kier alpha value is -2.08. The highest BCUT2D eigenvalue weighted by Gasteiger charge is 2.09. The minimum atomic E-state index is -0.763. The standard InChI is InChI=1S/C13H10F2N2OS/c14-9-3-4-11(10(15)6-9)18-7-8-2-1-5-17-12(8)13(16)19/h1-6H,7H2,(H2,16,19). The summed E-state index contributed by atoms with van der Waals surface area (Å²) in [5.74, 6) is -1.46. The zero-order valence-corrected chi connectivity index (χ0v) is 10.6. The van der Waals surface area contributed by atoms with Crippen LogP contribution in [0, 0.1) is 11.6 Å². The van der Waals surface area contributed by atoms with E-state index in [1.54, 1.807) is 18.3 Å². The van der Waals surface area contributed by atoms with Crippen LogP contribution in [0.15, 0.2) is 36.5 Å². The van der Waals surface area contributed by atoms with Crippen LogP contribution in [0.2, 0.25) is 0 Å². The van der Waals surface area contributed by atoms with E-state index in [2.05, 4.69) is 4.98 Å². The van der Waals surface area contributed by atoms with Crippen molar-refractivity contribution in [1.29, 1.82) is 0 Å². The van der Waals surface area contributed by atoms with Crippen molar-refractivity contribution in [3.8, 4) is 5.75 Å². The third-order valence-corrected chi connectivity index (χ3v) is 2.60. The lowest BCUT2D eigenvalue weighted by Crippen LogP contribution is -2.15. The van der Waals surface area contributed by atoms with Gasteiger partial charge in [-0.25, -0.2) is 8.78 Å². The van der Waals surface area contributed by atoms with E-state index in [0.29, 0.717) is 11.3 Å². The van der Waals surface area contributed by atoms with E-state index in [-0.39, 0.29) is 17.3 Å². The zero-order valence-electron chi connectivity index (χ0n) is 9.77. The van der Waals surface area contributed by atoms with Crippen LogP contribution in [0.25, 0.3) is 0 Å². The Morgan fingerprint density at radius 1 is 1.32 bits per heavy atom. The smallest absolute Gasteiger partial charge is 0.167 e. The first kappa shape index (κ1) is 13.4. The molecular weight excluding hydrogens is 270 g/mol. The summed E-state index contributed by atoms with van der Waals surface area (Å²) in [7, 11) is 0. The first-order chi connectivity index (χ1) is 9.08. The van der Waals surface area contributed by atoms with E-state index in [0.717, 1.165) is 12.1 Å². The second kappa shape index (κ2) is 5.71. The van der Waals surface area contributed by atoms with Crippen LogP contribution in [0.3, 0.4) is 0 Å². The van der Waals surface area contributed by atoms with Crippen molar-refractivity contribution >= 4 is 17.2 Å². The van der Waals surface area contributed by atoms with E-state index in [1.165, 1.54) is 6.07 Å². The van der Waals surface area contributed by atoms with E-state index >= 15 is 0 Å². The average molecular weight is 280 g/mol. The molecule has 0 radical (unpaired) electrons. The summed E-state index contributed by atoms with van der Waals surface area (Å²) in [6, 6.07) is 6.52. The van der Waals surface area contributed by atoms with Gasteiger partial charge in [-0.2, -0.15) is 0 Å². The molecule has 3 nitrogen and oxygen atoms in total. The van der Waals surface area contributed by atoms with Crippen LogP contribution in [-0.2, 0) is 6.61 Å². The Morgan fingerprint density at radius 3 is 2.79 bits per heavy atom. The summed E-state index contributed by atoms with van der Waals surface area (Å²) in [4.78, 5) is 4.16. The monoisotopic (exact) mass is 280 g/mol. The molecule has 1 aromatic heterocycles. The molecule has 2 rings (SSSR count). The van der Waals surface area contributed by atoms with Crippen LogP contribution in [0.4, 0.5) is 8.78 Å².